The largest absolute Gasteiger partial charge is 0.394 e. The van der Waals surface area contributed by atoms with Crippen LogP contribution >= 0.6 is 0 Å². The van der Waals surface area contributed by atoms with E-state index in [1.54, 1.807) is 13.0 Å². The lowest BCUT2D eigenvalue weighted by atomic mass is 10.1. The minimum atomic E-state index is -0.248. The van der Waals surface area contributed by atoms with E-state index in [4.69, 9.17) is 10.3 Å². The molecule has 2 aromatic heterocycles. The summed E-state index contributed by atoms with van der Waals surface area (Å²) in [5, 5.41) is 14.0. The van der Waals surface area contributed by atoms with Crippen LogP contribution in [0.2, 0.25) is 0 Å². The highest BCUT2D eigenvalue weighted by atomic mass is 16.5. The van der Waals surface area contributed by atoms with Crippen molar-refractivity contribution in [2.24, 2.45) is 0 Å². The lowest BCUT2D eigenvalue weighted by Crippen LogP contribution is -2.16. The molecular weight excluding hydrogens is 258 g/mol. The first-order chi connectivity index (χ1) is 9.65. The summed E-state index contributed by atoms with van der Waals surface area (Å²) in [5.74, 6) is 0.0857. The molecule has 4 N–H and O–H groups in total. The number of benzene rings is 1. The first-order valence-corrected chi connectivity index (χ1v) is 6.08. The van der Waals surface area contributed by atoms with E-state index in [0.717, 1.165) is 5.39 Å². The van der Waals surface area contributed by atoms with E-state index in [1.165, 1.54) is 0 Å². The molecule has 0 aliphatic heterocycles. The maximum Gasteiger partial charge on any atom is 0.231 e. The van der Waals surface area contributed by atoms with E-state index in [-0.39, 0.29) is 12.3 Å². The number of hydrogen-bond acceptors (Lipinski definition) is 5. The Balaban J connectivity index is 1.78. The van der Waals surface area contributed by atoms with Crippen LogP contribution in [0.3, 0.4) is 0 Å². The number of H-pyrrole nitrogens is 1. The maximum atomic E-state index is 12.0. The minimum absolute atomic E-state index is 0.0996. The number of hydrogen-bond donors (Lipinski definition) is 3. The summed E-state index contributed by atoms with van der Waals surface area (Å²) < 4.78 is 5.15. The summed E-state index contributed by atoms with van der Waals surface area (Å²) in [7, 11) is 0. The molecule has 0 atom stereocenters. The second-order valence-corrected chi connectivity index (χ2v) is 4.46. The number of amides is 1. The molecule has 0 saturated carbocycles. The third kappa shape index (κ3) is 2.09. The number of carbonyl (C=O) groups excluding carboxylic acids is 1. The molecule has 20 heavy (non-hydrogen) atoms. The van der Waals surface area contributed by atoms with Gasteiger partial charge in [0.25, 0.3) is 0 Å². The van der Waals surface area contributed by atoms with Crippen molar-refractivity contribution in [2.75, 3.05) is 11.1 Å². The minimum Gasteiger partial charge on any atom is -0.394 e. The van der Waals surface area contributed by atoms with Crippen LogP contribution in [0.25, 0.3) is 11.0 Å². The second kappa shape index (κ2) is 4.69. The Labute approximate surface area is 114 Å². The molecule has 0 saturated heterocycles. The number of aromatic amines is 1. The summed E-state index contributed by atoms with van der Waals surface area (Å²) in [6.07, 6.45) is 0.0996. The van der Waals surface area contributed by atoms with Gasteiger partial charge in [0, 0.05) is 5.39 Å². The number of aryl methyl sites for hydroxylation is 1. The van der Waals surface area contributed by atoms with E-state index in [2.05, 4.69) is 20.7 Å². The molecule has 1 aromatic carbocycles. The number of anilines is 2. The zero-order chi connectivity index (χ0) is 14.1. The molecule has 0 bridgehead atoms. The van der Waals surface area contributed by atoms with Gasteiger partial charge in [0.2, 0.25) is 5.91 Å². The number of nitrogen functional groups attached to an aromatic ring is 1. The first-order valence-electron chi connectivity index (χ1n) is 6.08. The number of nitrogens with two attached hydrogens (primary N) is 1. The zero-order valence-corrected chi connectivity index (χ0v) is 10.8. The van der Waals surface area contributed by atoms with Gasteiger partial charge in [-0.1, -0.05) is 17.3 Å². The van der Waals surface area contributed by atoms with E-state index in [9.17, 15) is 4.79 Å². The van der Waals surface area contributed by atoms with Crippen LogP contribution in [0, 0.1) is 6.92 Å². The van der Waals surface area contributed by atoms with Gasteiger partial charge in [0.1, 0.15) is 5.69 Å². The second-order valence-electron chi connectivity index (χ2n) is 4.46. The number of rotatable bonds is 3. The molecule has 0 aliphatic carbocycles. The third-order valence-electron chi connectivity index (χ3n) is 3.03. The maximum absolute atomic E-state index is 12.0. The quantitative estimate of drug-likeness (QED) is 0.670. The number of carbonyl (C=O) groups is 1. The standard InChI is InChI=1S/C13H13N5O2/c1-7-12(14)13(17-16-7)15-11(19)6-9-8-4-2-3-5-10(8)20-18-9/h2-5H,6,14H2,1H3,(H2,15,16,17,19). The van der Waals surface area contributed by atoms with E-state index in [0.29, 0.717) is 28.5 Å². The smallest absolute Gasteiger partial charge is 0.231 e. The SMILES string of the molecule is Cc1[nH]nc(NC(=O)Cc2noc3ccccc23)c1N. The van der Waals surface area contributed by atoms with Crippen molar-refractivity contribution < 1.29 is 9.32 Å². The van der Waals surface area contributed by atoms with Crippen LogP contribution in [-0.2, 0) is 11.2 Å². The predicted octanol–water partition coefficient (Wildman–Crippen LogP) is 1.62. The fourth-order valence-electron chi connectivity index (χ4n) is 1.93. The number of aromatic nitrogens is 3. The Morgan fingerprint density at radius 2 is 2.25 bits per heavy atom. The fourth-order valence-corrected chi connectivity index (χ4v) is 1.93. The molecule has 0 unspecified atom stereocenters. The highest BCUT2D eigenvalue weighted by Gasteiger charge is 2.14. The zero-order valence-electron chi connectivity index (χ0n) is 10.8. The van der Waals surface area contributed by atoms with Gasteiger partial charge in [-0.2, -0.15) is 5.10 Å². The van der Waals surface area contributed by atoms with Crippen molar-refractivity contribution in [2.45, 2.75) is 13.3 Å². The molecule has 1 amide bonds. The summed E-state index contributed by atoms with van der Waals surface area (Å²) in [6, 6.07) is 7.39. The molecule has 2 heterocycles. The Morgan fingerprint density at radius 1 is 1.45 bits per heavy atom. The summed E-state index contributed by atoms with van der Waals surface area (Å²) in [4.78, 5) is 12.0. The highest BCUT2D eigenvalue weighted by molar-refractivity contribution is 5.96. The molecular formula is C13H13N5O2. The Kier molecular flexibility index (Phi) is 2.86. The van der Waals surface area contributed by atoms with Crippen molar-refractivity contribution >= 4 is 28.4 Å². The lowest BCUT2D eigenvalue weighted by Gasteiger charge is -2.01. The van der Waals surface area contributed by atoms with Gasteiger partial charge in [0.15, 0.2) is 11.4 Å². The van der Waals surface area contributed by atoms with Crippen molar-refractivity contribution in [1.82, 2.24) is 15.4 Å². The molecule has 102 valence electrons. The van der Waals surface area contributed by atoms with E-state index >= 15 is 0 Å². The van der Waals surface area contributed by atoms with Crippen LogP contribution in [0.4, 0.5) is 11.5 Å². The van der Waals surface area contributed by atoms with Gasteiger partial charge in [-0.3, -0.25) is 9.89 Å². The van der Waals surface area contributed by atoms with Gasteiger partial charge < -0.3 is 15.6 Å². The number of fused-ring (bicyclic) bond motifs is 1. The highest BCUT2D eigenvalue weighted by Crippen LogP contribution is 2.20. The molecule has 7 nitrogen and oxygen atoms in total. The van der Waals surface area contributed by atoms with Crippen LogP contribution in [-0.4, -0.2) is 21.3 Å². The number of para-hydroxylation sites is 1. The average Bonchev–Trinajstić information content (AvgIpc) is 2.98. The van der Waals surface area contributed by atoms with E-state index < -0.39 is 0 Å². The number of nitrogens with one attached hydrogen (secondary N) is 2. The van der Waals surface area contributed by atoms with Crippen LogP contribution in [0.15, 0.2) is 28.8 Å². The van der Waals surface area contributed by atoms with Crippen molar-refractivity contribution in [1.29, 1.82) is 0 Å². The molecule has 0 radical (unpaired) electrons. The van der Waals surface area contributed by atoms with Crippen LogP contribution in [0.1, 0.15) is 11.4 Å². The van der Waals surface area contributed by atoms with Gasteiger partial charge in [-0.05, 0) is 19.1 Å². The lowest BCUT2D eigenvalue weighted by molar-refractivity contribution is -0.115. The molecule has 0 spiro atoms. The van der Waals surface area contributed by atoms with Gasteiger partial charge >= 0.3 is 0 Å². The monoisotopic (exact) mass is 271 g/mol. The van der Waals surface area contributed by atoms with Crippen LogP contribution < -0.4 is 11.1 Å². The predicted molar refractivity (Wildman–Crippen MR) is 74.1 cm³/mol. The Bertz CT molecular complexity index is 774. The topological polar surface area (TPSA) is 110 Å². The summed E-state index contributed by atoms with van der Waals surface area (Å²) in [5.41, 5.74) is 8.17. The normalized spacial score (nSPS) is 10.8. The van der Waals surface area contributed by atoms with Crippen molar-refractivity contribution in [3.05, 3.63) is 35.7 Å². The van der Waals surface area contributed by atoms with Crippen LogP contribution in [0.5, 0.6) is 0 Å². The molecule has 7 heteroatoms. The fraction of sp³-hybridized carbons (Fsp3) is 0.154. The number of nitrogens with zero attached hydrogens (tertiary/aromatic N) is 2. The van der Waals surface area contributed by atoms with Crippen molar-refractivity contribution in [3.63, 3.8) is 0 Å². The van der Waals surface area contributed by atoms with E-state index in [1.807, 2.05) is 18.2 Å². The Hall–Kier alpha value is -2.83. The summed E-state index contributed by atoms with van der Waals surface area (Å²) in [6.45, 7) is 1.78. The average molecular weight is 271 g/mol. The molecule has 3 rings (SSSR count). The first kappa shape index (κ1) is 12.2. The third-order valence-corrected chi connectivity index (χ3v) is 3.03. The van der Waals surface area contributed by atoms with Gasteiger partial charge in [-0.15, -0.1) is 0 Å². The Morgan fingerprint density at radius 3 is 3.00 bits per heavy atom. The molecule has 0 aliphatic rings. The van der Waals surface area contributed by atoms with Crippen molar-refractivity contribution in [3.8, 4) is 0 Å². The van der Waals surface area contributed by atoms with Gasteiger partial charge in [0.05, 0.1) is 17.8 Å². The molecule has 0 fully saturated rings. The van der Waals surface area contributed by atoms with Gasteiger partial charge in [-0.25, -0.2) is 0 Å². The summed E-state index contributed by atoms with van der Waals surface area (Å²) >= 11 is 0. The molecule has 3 aromatic rings.